The SMILES string of the molecule is O=C(Nc1ccc(-n2ccnc2)nc1)c1ccc(-c2ccc(F)cc2)s1. The summed E-state index contributed by atoms with van der Waals surface area (Å²) in [5.74, 6) is 0.227. The molecule has 0 aliphatic carbocycles. The largest absolute Gasteiger partial charge is 0.320 e. The number of thiophene rings is 1. The van der Waals surface area contributed by atoms with E-state index in [4.69, 9.17) is 0 Å². The maximum Gasteiger partial charge on any atom is 0.265 e. The van der Waals surface area contributed by atoms with Gasteiger partial charge in [0, 0.05) is 17.3 Å². The van der Waals surface area contributed by atoms with Gasteiger partial charge in [0.1, 0.15) is 18.0 Å². The fourth-order valence-electron chi connectivity index (χ4n) is 2.43. The zero-order valence-electron chi connectivity index (χ0n) is 13.5. The van der Waals surface area contributed by atoms with E-state index in [2.05, 4.69) is 15.3 Å². The van der Waals surface area contributed by atoms with Gasteiger partial charge in [-0.2, -0.15) is 0 Å². The van der Waals surface area contributed by atoms with Crippen LogP contribution in [0.3, 0.4) is 0 Å². The van der Waals surface area contributed by atoms with E-state index >= 15 is 0 Å². The molecule has 26 heavy (non-hydrogen) atoms. The Morgan fingerprint density at radius 3 is 2.62 bits per heavy atom. The second-order valence-corrected chi connectivity index (χ2v) is 6.58. The van der Waals surface area contributed by atoms with E-state index in [0.717, 1.165) is 16.3 Å². The summed E-state index contributed by atoms with van der Waals surface area (Å²) in [7, 11) is 0. The van der Waals surface area contributed by atoms with Crippen LogP contribution in [0.5, 0.6) is 0 Å². The van der Waals surface area contributed by atoms with Gasteiger partial charge in [-0.05, 0) is 42.0 Å². The topological polar surface area (TPSA) is 59.8 Å². The zero-order chi connectivity index (χ0) is 17.9. The molecule has 0 spiro atoms. The molecule has 0 aliphatic rings. The number of hydrogen-bond donors (Lipinski definition) is 1. The van der Waals surface area contributed by atoms with Crippen molar-refractivity contribution in [1.29, 1.82) is 0 Å². The highest BCUT2D eigenvalue weighted by Crippen LogP contribution is 2.28. The molecule has 3 heterocycles. The molecule has 1 N–H and O–H groups in total. The van der Waals surface area contributed by atoms with Gasteiger partial charge in [-0.25, -0.2) is 14.4 Å². The van der Waals surface area contributed by atoms with Gasteiger partial charge in [0.25, 0.3) is 5.91 Å². The average Bonchev–Trinajstić information content (AvgIpc) is 3.35. The van der Waals surface area contributed by atoms with E-state index in [1.807, 2.05) is 6.07 Å². The number of aromatic nitrogens is 3. The molecular weight excluding hydrogens is 351 g/mol. The maximum atomic E-state index is 13.0. The number of anilines is 1. The summed E-state index contributed by atoms with van der Waals surface area (Å²) in [6.07, 6.45) is 6.72. The predicted octanol–water partition coefficient (Wildman–Crippen LogP) is 4.39. The van der Waals surface area contributed by atoms with Crippen LogP contribution in [-0.4, -0.2) is 20.4 Å². The molecule has 0 bridgehead atoms. The molecule has 0 atom stereocenters. The van der Waals surface area contributed by atoms with Crippen molar-refractivity contribution < 1.29 is 9.18 Å². The van der Waals surface area contributed by atoms with Gasteiger partial charge < -0.3 is 5.32 Å². The van der Waals surface area contributed by atoms with E-state index in [9.17, 15) is 9.18 Å². The Kier molecular flexibility index (Phi) is 4.28. The summed E-state index contributed by atoms with van der Waals surface area (Å²) in [5, 5.41) is 2.83. The molecule has 0 unspecified atom stereocenters. The Hall–Kier alpha value is -3.32. The number of nitrogens with zero attached hydrogens (tertiary/aromatic N) is 3. The normalized spacial score (nSPS) is 10.7. The Morgan fingerprint density at radius 1 is 1.08 bits per heavy atom. The van der Waals surface area contributed by atoms with Crippen molar-refractivity contribution in [3.8, 4) is 16.3 Å². The number of benzene rings is 1. The maximum absolute atomic E-state index is 13.0. The first-order chi connectivity index (χ1) is 12.7. The minimum atomic E-state index is -0.282. The summed E-state index contributed by atoms with van der Waals surface area (Å²) in [4.78, 5) is 22.2. The molecule has 0 aliphatic heterocycles. The predicted molar refractivity (Wildman–Crippen MR) is 99.0 cm³/mol. The highest BCUT2D eigenvalue weighted by molar-refractivity contribution is 7.17. The summed E-state index contributed by atoms with van der Waals surface area (Å²) in [6.45, 7) is 0. The van der Waals surface area contributed by atoms with Crippen molar-refractivity contribution in [1.82, 2.24) is 14.5 Å². The number of hydrogen-bond acceptors (Lipinski definition) is 4. The van der Waals surface area contributed by atoms with E-state index in [0.29, 0.717) is 10.6 Å². The molecule has 4 aromatic rings. The standard InChI is InChI=1S/C19H13FN4OS/c20-14-3-1-13(2-4-14)16-6-7-17(26-16)19(25)23-15-5-8-18(22-11-15)24-10-9-21-12-24/h1-12H,(H,23,25). The lowest BCUT2D eigenvalue weighted by molar-refractivity contribution is 0.103. The number of carbonyl (C=O) groups excluding carboxylic acids is 1. The van der Waals surface area contributed by atoms with Gasteiger partial charge >= 0.3 is 0 Å². The molecule has 128 valence electrons. The van der Waals surface area contributed by atoms with Crippen molar-refractivity contribution in [2.45, 2.75) is 0 Å². The minimum absolute atomic E-state index is 0.208. The number of carbonyl (C=O) groups is 1. The van der Waals surface area contributed by atoms with E-state index in [1.54, 1.807) is 59.8 Å². The van der Waals surface area contributed by atoms with Gasteiger partial charge in [0.05, 0.1) is 16.8 Å². The molecule has 0 saturated heterocycles. The van der Waals surface area contributed by atoms with Gasteiger partial charge in [-0.1, -0.05) is 12.1 Å². The smallest absolute Gasteiger partial charge is 0.265 e. The van der Waals surface area contributed by atoms with E-state index < -0.39 is 0 Å². The van der Waals surface area contributed by atoms with Crippen LogP contribution in [0.1, 0.15) is 9.67 Å². The highest BCUT2D eigenvalue weighted by Gasteiger charge is 2.11. The molecule has 1 amide bonds. The Balaban J connectivity index is 1.47. The second kappa shape index (κ2) is 6.89. The molecule has 3 aromatic heterocycles. The second-order valence-electron chi connectivity index (χ2n) is 5.50. The summed E-state index contributed by atoms with van der Waals surface area (Å²) < 4.78 is 14.8. The molecular formula is C19H13FN4OS. The van der Waals surface area contributed by atoms with Crippen LogP contribution in [0.2, 0.25) is 0 Å². The number of rotatable bonds is 4. The van der Waals surface area contributed by atoms with Crippen LogP contribution < -0.4 is 5.32 Å². The summed E-state index contributed by atoms with van der Waals surface area (Å²) in [6, 6.07) is 13.4. The van der Waals surface area contributed by atoms with Crippen LogP contribution >= 0.6 is 11.3 Å². The number of halogens is 1. The molecule has 0 saturated carbocycles. The summed E-state index contributed by atoms with van der Waals surface area (Å²) in [5.41, 5.74) is 1.48. The monoisotopic (exact) mass is 364 g/mol. The molecule has 0 fully saturated rings. The van der Waals surface area contributed by atoms with Gasteiger partial charge in [0.15, 0.2) is 0 Å². The molecule has 1 aromatic carbocycles. The molecule has 7 heteroatoms. The quantitative estimate of drug-likeness (QED) is 0.584. The molecule has 4 rings (SSSR count). The zero-order valence-corrected chi connectivity index (χ0v) is 14.3. The fraction of sp³-hybridized carbons (Fsp3) is 0. The number of imidazole rings is 1. The van der Waals surface area contributed by atoms with Crippen LogP contribution in [0, 0.1) is 5.82 Å². The van der Waals surface area contributed by atoms with Crippen LogP contribution in [0.15, 0.2) is 73.4 Å². The third kappa shape index (κ3) is 3.38. The van der Waals surface area contributed by atoms with Crippen molar-refractivity contribution in [3.05, 3.63) is 84.1 Å². The van der Waals surface area contributed by atoms with Crippen LogP contribution in [0.25, 0.3) is 16.3 Å². The minimum Gasteiger partial charge on any atom is -0.320 e. The van der Waals surface area contributed by atoms with Crippen molar-refractivity contribution in [2.24, 2.45) is 0 Å². The van der Waals surface area contributed by atoms with Crippen molar-refractivity contribution >= 4 is 22.9 Å². The lowest BCUT2D eigenvalue weighted by atomic mass is 10.2. The van der Waals surface area contributed by atoms with Gasteiger partial charge in [-0.15, -0.1) is 11.3 Å². The lowest BCUT2D eigenvalue weighted by Crippen LogP contribution is -2.10. The molecule has 0 radical (unpaired) electrons. The first-order valence-electron chi connectivity index (χ1n) is 7.80. The lowest BCUT2D eigenvalue weighted by Gasteiger charge is -2.05. The van der Waals surface area contributed by atoms with Crippen molar-refractivity contribution in [2.75, 3.05) is 5.32 Å². The van der Waals surface area contributed by atoms with Gasteiger partial charge in [-0.3, -0.25) is 9.36 Å². The first-order valence-corrected chi connectivity index (χ1v) is 8.62. The third-order valence-corrected chi connectivity index (χ3v) is 4.87. The highest BCUT2D eigenvalue weighted by atomic mass is 32.1. The van der Waals surface area contributed by atoms with E-state index in [-0.39, 0.29) is 11.7 Å². The van der Waals surface area contributed by atoms with Crippen LogP contribution in [0.4, 0.5) is 10.1 Å². The summed E-state index contributed by atoms with van der Waals surface area (Å²) >= 11 is 1.35. The number of nitrogens with one attached hydrogen (secondary N) is 1. The third-order valence-electron chi connectivity index (χ3n) is 3.73. The Bertz CT molecular complexity index is 1020. The Morgan fingerprint density at radius 2 is 1.92 bits per heavy atom. The number of pyridine rings is 1. The average molecular weight is 364 g/mol. The van der Waals surface area contributed by atoms with E-state index in [1.165, 1.54) is 23.5 Å². The van der Waals surface area contributed by atoms with Crippen molar-refractivity contribution in [3.63, 3.8) is 0 Å². The van der Waals surface area contributed by atoms with Gasteiger partial charge in [0.2, 0.25) is 0 Å². The first kappa shape index (κ1) is 16.2. The Labute approximate surface area is 152 Å². The molecule has 5 nitrogen and oxygen atoms in total. The van der Waals surface area contributed by atoms with Crippen LogP contribution in [-0.2, 0) is 0 Å². The number of amides is 1. The fourth-order valence-corrected chi connectivity index (χ4v) is 3.34.